The summed E-state index contributed by atoms with van der Waals surface area (Å²) in [4.78, 5) is 14.2. The third kappa shape index (κ3) is 4.25. The first-order valence-corrected chi connectivity index (χ1v) is 10.4. The van der Waals surface area contributed by atoms with Gasteiger partial charge in [0.2, 0.25) is 5.56 Å². The zero-order valence-corrected chi connectivity index (χ0v) is 17.8. The number of nitrogens with one attached hydrogen (secondary N) is 1. The van der Waals surface area contributed by atoms with E-state index in [1.165, 1.54) is 25.3 Å². The van der Waals surface area contributed by atoms with Crippen LogP contribution in [0.2, 0.25) is 0 Å². The van der Waals surface area contributed by atoms with E-state index in [9.17, 15) is 18.0 Å². The number of pyridine rings is 1. The fraction of sp³-hybridized carbons (Fsp3) is 0.375. The Hall–Kier alpha value is -2.84. The average Bonchev–Trinajstić information content (AvgIpc) is 2.78. The van der Waals surface area contributed by atoms with Crippen molar-refractivity contribution < 1.29 is 27.4 Å². The number of benzene rings is 2. The van der Waals surface area contributed by atoms with Crippen molar-refractivity contribution in [3.63, 3.8) is 0 Å². The lowest BCUT2D eigenvalue weighted by Gasteiger charge is -2.38. The van der Waals surface area contributed by atoms with Crippen LogP contribution >= 0.6 is 0 Å². The molecule has 0 bridgehead atoms. The number of rotatable bonds is 5. The van der Waals surface area contributed by atoms with Crippen molar-refractivity contribution in [2.75, 3.05) is 20.3 Å². The number of hydrogen-bond donors (Lipinski definition) is 1. The number of ether oxygens (including phenoxy) is 3. The Morgan fingerprint density at radius 1 is 1.09 bits per heavy atom. The van der Waals surface area contributed by atoms with Gasteiger partial charge in [0.05, 0.1) is 5.60 Å². The second-order valence-electron chi connectivity index (χ2n) is 7.92. The van der Waals surface area contributed by atoms with E-state index in [1.54, 1.807) is 37.3 Å². The Labute approximate surface area is 183 Å². The summed E-state index contributed by atoms with van der Waals surface area (Å²) >= 11 is 0. The lowest BCUT2D eigenvalue weighted by molar-refractivity contribution is -0.147. The fourth-order valence-corrected chi connectivity index (χ4v) is 4.27. The number of methoxy groups -OCH3 is 1. The summed E-state index contributed by atoms with van der Waals surface area (Å²) in [7, 11) is 1.43. The Bertz CT molecular complexity index is 1170. The number of fused-ring (bicyclic) bond motifs is 1. The first-order chi connectivity index (χ1) is 15.2. The van der Waals surface area contributed by atoms with Crippen molar-refractivity contribution in [3.05, 3.63) is 75.6 Å². The predicted octanol–water partition coefficient (Wildman–Crippen LogP) is 5.34. The second-order valence-corrected chi connectivity index (χ2v) is 7.92. The van der Waals surface area contributed by atoms with Gasteiger partial charge in [-0.1, -0.05) is 18.2 Å². The Morgan fingerprint density at radius 2 is 1.84 bits per heavy atom. The highest BCUT2D eigenvalue weighted by Crippen LogP contribution is 2.47. The number of hydrogen-bond acceptors (Lipinski definition) is 4. The minimum atomic E-state index is -4.63. The van der Waals surface area contributed by atoms with Crippen LogP contribution < -0.4 is 10.3 Å². The van der Waals surface area contributed by atoms with Crippen LogP contribution in [-0.2, 0) is 21.3 Å². The lowest BCUT2D eigenvalue weighted by atomic mass is 9.82. The molecular formula is C24H24F3NO4. The van der Waals surface area contributed by atoms with Crippen LogP contribution in [0.15, 0.2) is 53.3 Å². The van der Waals surface area contributed by atoms with Gasteiger partial charge in [-0.3, -0.25) is 4.79 Å². The lowest BCUT2D eigenvalue weighted by Crippen LogP contribution is -2.37. The van der Waals surface area contributed by atoms with Gasteiger partial charge >= 0.3 is 6.18 Å². The minimum absolute atomic E-state index is 0.0663. The van der Waals surface area contributed by atoms with Gasteiger partial charge in [0.25, 0.3) is 0 Å². The molecule has 1 atom stereocenters. The molecule has 1 saturated heterocycles. The second kappa shape index (κ2) is 8.60. The largest absolute Gasteiger partial charge is 0.485 e. The molecular weight excluding hydrogens is 423 g/mol. The molecule has 0 spiro atoms. The summed E-state index contributed by atoms with van der Waals surface area (Å²) in [6, 6.07) is 12.7. The van der Waals surface area contributed by atoms with Crippen molar-refractivity contribution >= 4 is 10.9 Å². The van der Waals surface area contributed by atoms with Crippen molar-refractivity contribution in [1.82, 2.24) is 4.98 Å². The molecule has 3 aromatic rings. The van der Waals surface area contributed by atoms with Crippen LogP contribution in [0, 0.1) is 0 Å². The molecule has 1 unspecified atom stereocenters. The quantitative estimate of drug-likeness (QED) is 0.574. The highest BCUT2D eigenvalue weighted by atomic mass is 19.4. The molecule has 2 heterocycles. The number of aromatic nitrogens is 1. The van der Waals surface area contributed by atoms with E-state index in [1.807, 2.05) is 0 Å². The van der Waals surface area contributed by atoms with E-state index in [0.29, 0.717) is 37.1 Å². The Balaban J connectivity index is 1.73. The van der Waals surface area contributed by atoms with E-state index in [0.717, 1.165) is 5.39 Å². The summed E-state index contributed by atoms with van der Waals surface area (Å²) in [6.07, 6.45) is -4.63. The highest BCUT2D eigenvalue weighted by Gasteiger charge is 2.45. The molecule has 0 radical (unpaired) electrons. The van der Waals surface area contributed by atoms with Crippen LogP contribution in [0.1, 0.15) is 42.6 Å². The van der Waals surface area contributed by atoms with Gasteiger partial charge in [0.1, 0.15) is 17.4 Å². The highest BCUT2D eigenvalue weighted by molar-refractivity contribution is 5.79. The predicted molar refractivity (Wildman–Crippen MR) is 114 cm³/mol. The van der Waals surface area contributed by atoms with Crippen LogP contribution in [-0.4, -0.2) is 25.3 Å². The molecule has 1 fully saturated rings. The summed E-state index contributed by atoms with van der Waals surface area (Å²) in [5.41, 5.74) is -0.720. The van der Waals surface area contributed by atoms with Crippen molar-refractivity contribution in [2.24, 2.45) is 0 Å². The molecule has 1 aliphatic rings. The van der Waals surface area contributed by atoms with Crippen molar-refractivity contribution in [3.8, 4) is 5.75 Å². The number of alkyl halides is 3. The number of aromatic amines is 1. The number of halogens is 3. The van der Waals surface area contributed by atoms with Crippen LogP contribution in [0.25, 0.3) is 10.9 Å². The van der Waals surface area contributed by atoms with Gasteiger partial charge in [0.15, 0.2) is 0 Å². The number of H-pyrrole nitrogens is 1. The summed E-state index contributed by atoms with van der Waals surface area (Å²) in [6.45, 7) is 2.35. The van der Waals surface area contributed by atoms with Gasteiger partial charge < -0.3 is 19.2 Å². The first-order valence-electron chi connectivity index (χ1n) is 10.4. The topological polar surface area (TPSA) is 60.5 Å². The minimum Gasteiger partial charge on any atom is -0.485 e. The molecule has 5 nitrogen and oxygen atoms in total. The normalized spacial score (nSPS) is 17.3. The molecule has 8 heteroatoms. The molecule has 170 valence electrons. The molecule has 2 aromatic carbocycles. The first kappa shape index (κ1) is 22.4. The third-order valence-electron chi connectivity index (χ3n) is 6.01. The van der Waals surface area contributed by atoms with E-state index in [4.69, 9.17) is 14.2 Å². The maximum atomic E-state index is 14.3. The maximum absolute atomic E-state index is 14.3. The molecule has 1 N–H and O–H groups in total. The average molecular weight is 447 g/mol. The Kier molecular flexibility index (Phi) is 6.01. The molecule has 0 saturated carbocycles. The fourth-order valence-electron chi connectivity index (χ4n) is 4.27. The smallest absolute Gasteiger partial charge is 0.420 e. The van der Waals surface area contributed by atoms with Crippen molar-refractivity contribution in [1.29, 1.82) is 0 Å². The van der Waals surface area contributed by atoms with E-state index < -0.39 is 23.4 Å². The van der Waals surface area contributed by atoms with Crippen LogP contribution in [0.5, 0.6) is 5.75 Å². The molecule has 1 aliphatic heterocycles. The summed E-state index contributed by atoms with van der Waals surface area (Å²) in [5, 5.41) is 0.767. The Morgan fingerprint density at radius 3 is 2.53 bits per heavy atom. The zero-order valence-electron chi connectivity index (χ0n) is 17.8. The van der Waals surface area contributed by atoms with Gasteiger partial charge in [-0.15, -0.1) is 0 Å². The zero-order chi connectivity index (χ0) is 22.9. The van der Waals surface area contributed by atoms with E-state index >= 15 is 0 Å². The van der Waals surface area contributed by atoms with Crippen LogP contribution in [0.4, 0.5) is 13.2 Å². The monoisotopic (exact) mass is 447 g/mol. The molecule has 32 heavy (non-hydrogen) atoms. The molecule has 0 amide bonds. The summed E-state index contributed by atoms with van der Waals surface area (Å²) < 4.78 is 59.7. The maximum Gasteiger partial charge on any atom is 0.420 e. The van der Waals surface area contributed by atoms with Gasteiger partial charge in [-0.05, 0) is 47.7 Å². The van der Waals surface area contributed by atoms with Crippen molar-refractivity contribution in [2.45, 2.75) is 37.6 Å². The SMILES string of the molecule is COC1(c2cccc(OC(C)c3ccc4[nH]c(=O)ccc4c3)c2C(F)(F)F)CCOCC1. The van der Waals surface area contributed by atoms with Crippen LogP contribution in [0.3, 0.4) is 0 Å². The third-order valence-corrected chi connectivity index (χ3v) is 6.01. The van der Waals surface area contributed by atoms with Gasteiger partial charge in [-0.2, -0.15) is 13.2 Å². The summed E-state index contributed by atoms with van der Waals surface area (Å²) in [5.74, 6) is -0.244. The van der Waals surface area contributed by atoms with Gasteiger partial charge in [-0.25, -0.2) is 0 Å². The molecule has 4 rings (SSSR count). The van der Waals surface area contributed by atoms with E-state index in [-0.39, 0.29) is 16.9 Å². The standard InChI is InChI=1S/C24H24F3NO4/c1-15(16-6-8-19-17(14-16)7-9-21(29)28-19)32-20-5-3-4-18(22(20)24(25,26)27)23(30-2)10-12-31-13-11-23/h3-9,14-15H,10-13H2,1-2H3,(H,28,29). The van der Waals surface area contributed by atoms with Gasteiger partial charge in [0, 0.05) is 44.7 Å². The molecule has 1 aromatic heterocycles. The van der Waals surface area contributed by atoms with E-state index in [2.05, 4.69) is 4.98 Å². The molecule has 0 aliphatic carbocycles.